The number of carbonyl (C=O) groups is 1. The lowest BCUT2D eigenvalue weighted by molar-refractivity contribution is -0.120. The molecule has 11 heavy (non-hydrogen) atoms. The van der Waals surface area contributed by atoms with Crippen LogP contribution in [0.15, 0.2) is 12.2 Å². The summed E-state index contributed by atoms with van der Waals surface area (Å²) in [6.45, 7) is 0.0842. The van der Waals surface area contributed by atoms with Gasteiger partial charge in [-0.2, -0.15) is 0 Å². The van der Waals surface area contributed by atoms with Crippen molar-refractivity contribution in [2.45, 2.75) is 25.7 Å². The number of allylic oxidation sites excluding steroid dienone is 1. The van der Waals surface area contributed by atoms with Crippen LogP contribution in [0.5, 0.6) is 0 Å². The molecule has 0 bridgehead atoms. The lowest BCUT2D eigenvalue weighted by atomic mass is 10.0. The molecule has 1 rings (SSSR count). The Morgan fingerprint density at radius 1 is 1.55 bits per heavy atom. The molecule has 1 fully saturated rings. The van der Waals surface area contributed by atoms with Crippen LogP contribution in [0, 0.1) is 5.92 Å². The molecule has 1 aliphatic rings. The first-order valence-corrected chi connectivity index (χ1v) is 4.13. The van der Waals surface area contributed by atoms with Crippen LogP contribution in [0.3, 0.4) is 0 Å². The van der Waals surface area contributed by atoms with E-state index in [2.05, 4.69) is 0 Å². The Bertz CT molecular complexity index is 161. The predicted molar refractivity (Wildman–Crippen MR) is 43.2 cm³/mol. The number of aliphatic hydroxyl groups is 1. The van der Waals surface area contributed by atoms with Crippen LogP contribution in [-0.4, -0.2) is 17.5 Å². The number of carbonyl (C=O) groups excluding carboxylic acids is 1. The van der Waals surface area contributed by atoms with Crippen LogP contribution < -0.4 is 0 Å². The standard InChI is InChI=1S/C9H14O2/c10-7-2-1-4-8-5-3-6-9(8)11/h1-2,8,10H,3-7H2/b2-1-. The third kappa shape index (κ3) is 2.46. The number of rotatable bonds is 3. The highest BCUT2D eigenvalue weighted by Gasteiger charge is 2.22. The fourth-order valence-corrected chi connectivity index (χ4v) is 1.47. The van der Waals surface area contributed by atoms with Crippen LogP contribution >= 0.6 is 0 Å². The third-order valence-electron chi connectivity index (χ3n) is 2.12. The summed E-state index contributed by atoms with van der Waals surface area (Å²) < 4.78 is 0. The van der Waals surface area contributed by atoms with E-state index in [9.17, 15) is 4.79 Å². The quantitative estimate of drug-likeness (QED) is 0.622. The van der Waals surface area contributed by atoms with Gasteiger partial charge in [0.05, 0.1) is 6.61 Å². The van der Waals surface area contributed by atoms with Crippen molar-refractivity contribution in [2.75, 3.05) is 6.61 Å². The van der Waals surface area contributed by atoms with E-state index in [1.165, 1.54) is 0 Å². The Morgan fingerprint density at radius 3 is 2.91 bits per heavy atom. The summed E-state index contributed by atoms with van der Waals surface area (Å²) in [5, 5.41) is 8.43. The van der Waals surface area contributed by atoms with Gasteiger partial charge < -0.3 is 5.11 Å². The van der Waals surface area contributed by atoms with Crippen molar-refractivity contribution in [1.82, 2.24) is 0 Å². The van der Waals surface area contributed by atoms with E-state index >= 15 is 0 Å². The van der Waals surface area contributed by atoms with Crippen molar-refractivity contribution >= 4 is 5.78 Å². The van der Waals surface area contributed by atoms with Gasteiger partial charge in [0.2, 0.25) is 0 Å². The smallest absolute Gasteiger partial charge is 0.136 e. The maximum absolute atomic E-state index is 11.1. The average molecular weight is 154 g/mol. The van der Waals surface area contributed by atoms with E-state index in [0.717, 1.165) is 25.7 Å². The van der Waals surface area contributed by atoms with Gasteiger partial charge in [0.1, 0.15) is 5.78 Å². The molecule has 0 aliphatic heterocycles. The van der Waals surface area contributed by atoms with Gasteiger partial charge in [-0.25, -0.2) is 0 Å². The normalized spacial score (nSPS) is 25.2. The first-order chi connectivity index (χ1) is 5.34. The number of hydrogen-bond donors (Lipinski definition) is 1. The SMILES string of the molecule is O=C1CCCC1C/C=C\CO. The van der Waals surface area contributed by atoms with Crippen molar-refractivity contribution in [2.24, 2.45) is 5.92 Å². The van der Waals surface area contributed by atoms with Crippen molar-refractivity contribution in [3.8, 4) is 0 Å². The summed E-state index contributed by atoms with van der Waals surface area (Å²) >= 11 is 0. The van der Waals surface area contributed by atoms with Crippen molar-refractivity contribution in [1.29, 1.82) is 0 Å². The molecule has 2 heteroatoms. The van der Waals surface area contributed by atoms with Crippen LogP contribution in [0.4, 0.5) is 0 Å². The molecule has 1 N–H and O–H groups in total. The molecular formula is C9H14O2. The minimum Gasteiger partial charge on any atom is -0.392 e. The number of aliphatic hydroxyl groups excluding tert-OH is 1. The molecule has 1 aliphatic carbocycles. The van der Waals surface area contributed by atoms with E-state index in [0.29, 0.717) is 5.78 Å². The Morgan fingerprint density at radius 2 is 2.36 bits per heavy atom. The number of Topliss-reactive ketones (excluding diaryl/α,β-unsaturated/α-hetero) is 1. The second kappa shape index (κ2) is 4.29. The Hall–Kier alpha value is -0.630. The second-order valence-electron chi connectivity index (χ2n) is 2.95. The molecular weight excluding hydrogens is 140 g/mol. The largest absolute Gasteiger partial charge is 0.392 e. The molecule has 0 amide bonds. The van der Waals surface area contributed by atoms with Gasteiger partial charge in [-0.3, -0.25) is 4.79 Å². The zero-order valence-electron chi connectivity index (χ0n) is 6.62. The van der Waals surface area contributed by atoms with E-state index in [4.69, 9.17) is 5.11 Å². The fraction of sp³-hybridized carbons (Fsp3) is 0.667. The number of ketones is 1. The second-order valence-corrected chi connectivity index (χ2v) is 2.95. The lowest BCUT2D eigenvalue weighted by Crippen LogP contribution is -2.04. The summed E-state index contributed by atoms with van der Waals surface area (Å²) in [7, 11) is 0. The summed E-state index contributed by atoms with van der Waals surface area (Å²) in [5.41, 5.74) is 0. The fourth-order valence-electron chi connectivity index (χ4n) is 1.47. The molecule has 0 aromatic rings. The molecule has 1 atom stereocenters. The highest BCUT2D eigenvalue weighted by Crippen LogP contribution is 2.24. The maximum atomic E-state index is 11.1. The monoisotopic (exact) mass is 154 g/mol. The first-order valence-electron chi connectivity index (χ1n) is 4.13. The topological polar surface area (TPSA) is 37.3 Å². The minimum absolute atomic E-state index is 0.0842. The molecule has 0 aromatic heterocycles. The maximum Gasteiger partial charge on any atom is 0.136 e. The van der Waals surface area contributed by atoms with Gasteiger partial charge in [-0.15, -0.1) is 0 Å². The Balaban J connectivity index is 2.25. The van der Waals surface area contributed by atoms with Crippen molar-refractivity contribution < 1.29 is 9.90 Å². The molecule has 62 valence electrons. The zero-order valence-corrected chi connectivity index (χ0v) is 6.62. The summed E-state index contributed by atoms with van der Waals surface area (Å²) in [6.07, 6.45) is 7.27. The van der Waals surface area contributed by atoms with Gasteiger partial charge in [0.15, 0.2) is 0 Å². The number of hydrogen-bond acceptors (Lipinski definition) is 2. The third-order valence-corrected chi connectivity index (χ3v) is 2.12. The molecule has 0 heterocycles. The molecule has 0 saturated heterocycles. The molecule has 0 spiro atoms. The van der Waals surface area contributed by atoms with Crippen LogP contribution in [0.25, 0.3) is 0 Å². The molecule has 1 saturated carbocycles. The van der Waals surface area contributed by atoms with Crippen molar-refractivity contribution in [3.63, 3.8) is 0 Å². The van der Waals surface area contributed by atoms with E-state index in [-0.39, 0.29) is 12.5 Å². The Kier molecular flexibility index (Phi) is 3.30. The summed E-state index contributed by atoms with van der Waals surface area (Å²) in [4.78, 5) is 11.1. The van der Waals surface area contributed by atoms with Crippen LogP contribution in [0.1, 0.15) is 25.7 Å². The highest BCUT2D eigenvalue weighted by atomic mass is 16.2. The molecule has 0 aromatic carbocycles. The molecule has 1 unspecified atom stereocenters. The van der Waals surface area contributed by atoms with Gasteiger partial charge in [0, 0.05) is 12.3 Å². The van der Waals surface area contributed by atoms with Crippen LogP contribution in [-0.2, 0) is 4.79 Å². The zero-order chi connectivity index (χ0) is 8.10. The summed E-state index contributed by atoms with van der Waals surface area (Å²) in [6, 6.07) is 0. The average Bonchev–Trinajstić information content (AvgIpc) is 2.37. The van der Waals surface area contributed by atoms with Crippen LogP contribution in [0.2, 0.25) is 0 Å². The Labute approximate surface area is 66.9 Å². The molecule has 2 nitrogen and oxygen atoms in total. The first kappa shape index (κ1) is 8.47. The highest BCUT2D eigenvalue weighted by molar-refractivity contribution is 5.82. The van der Waals surface area contributed by atoms with E-state index < -0.39 is 0 Å². The van der Waals surface area contributed by atoms with Crippen molar-refractivity contribution in [3.05, 3.63) is 12.2 Å². The van der Waals surface area contributed by atoms with Gasteiger partial charge in [-0.1, -0.05) is 12.2 Å². The predicted octanol–water partition coefficient (Wildman–Crippen LogP) is 1.29. The minimum atomic E-state index is 0.0842. The molecule has 0 radical (unpaired) electrons. The lowest BCUT2D eigenvalue weighted by Gasteiger charge is -2.01. The van der Waals surface area contributed by atoms with Gasteiger partial charge in [-0.05, 0) is 19.3 Å². The van der Waals surface area contributed by atoms with Gasteiger partial charge >= 0.3 is 0 Å². The van der Waals surface area contributed by atoms with Gasteiger partial charge in [0.25, 0.3) is 0 Å². The van der Waals surface area contributed by atoms with E-state index in [1.54, 1.807) is 6.08 Å². The van der Waals surface area contributed by atoms with E-state index in [1.807, 2.05) is 6.08 Å². The summed E-state index contributed by atoms with van der Waals surface area (Å²) in [5.74, 6) is 0.644.